The van der Waals surface area contributed by atoms with E-state index < -0.39 is 6.29 Å². The molecular weight excluding hydrogens is 530 g/mol. The Bertz CT molecular complexity index is 1620. The Labute approximate surface area is 245 Å². The van der Waals surface area contributed by atoms with Crippen LogP contribution in [0.2, 0.25) is 0 Å². The van der Waals surface area contributed by atoms with Crippen molar-refractivity contribution < 1.29 is 18.9 Å². The van der Waals surface area contributed by atoms with Gasteiger partial charge >= 0.3 is 0 Å². The summed E-state index contributed by atoms with van der Waals surface area (Å²) >= 11 is 0. The lowest BCUT2D eigenvalue weighted by molar-refractivity contribution is -0.111. The Morgan fingerprint density at radius 3 is 2.00 bits per heavy atom. The topological polar surface area (TPSA) is 83.8 Å². The van der Waals surface area contributed by atoms with Crippen molar-refractivity contribution in [2.24, 2.45) is 0 Å². The van der Waals surface area contributed by atoms with Crippen LogP contribution in [0.5, 0.6) is 11.8 Å². The molecule has 0 amide bonds. The molecule has 0 radical (unpaired) electrons. The third-order valence-electron chi connectivity index (χ3n) is 6.65. The van der Waals surface area contributed by atoms with Crippen LogP contribution in [0, 0.1) is 0 Å². The smallest absolute Gasteiger partial charge is 0.251 e. The van der Waals surface area contributed by atoms with Gasteiger partial charge in [-0.25, -0.2) is 0 Å². The monoisotopic (exact) mass is 563 g/mol. The zero-order valence-corrected chi connectivity index (χ0v) is 23.6. The van der Waals surface area contributed by atoms with Gasteiger partial charge in [0.25, 0.3) is 5.56 Å². The van der Waals surface area contributed by atoms with E-state index >= 15 is 0 Å². The predicted molar refractivity (Wildman–Crippen MR) is 163 cm³/mol. The molecule has 214 valence electrons. The van der Waals surface area contributed by atoms with Gasteiger partial charge in [0, 0.05) is 38.2 Å². The summed E-state index contributed by atoms with van der Waals surface area (Å²) in [5.74, 6) is 0.905. The molecule has 0 aliphatic heterocycles. The molecule has 8 nitrogen and oxygen atoms in total. The molecule has 0 fully saturated rings. The normalized spacial score (nSPS) is 10.9. The van der Waals surface area contributed by atoms with Gasteiger partial charge in [-0.3, -0.25) is 4.79 Å². The van der Waals surface area contributed by atoms with Gasteiger partial charge in [-0.2, -0.15) is 4.98 Å². The first-order valence-electron chi connectivity index (χ1n) is 13.6. The SMILES string of the molecule is COC(Cn1ccc(-c2ccc(Nc3ccc(OCc4ccccc4)nc3OCc3ccccc3)cc2)cc1=O)OC. The third-order valence-corrected chi connectivity index (χ3v) is 6.65. The number of hydrogen-bond donors (Lipinski definition) is 1. The number of benzene rings is 3. The lowest BCUT2D eigenvalue weighted by Gasteiger charge is -2.15. The Kier molecular flexibility index (Phi) is 9.61. The van der Waals surface area contributed by atoms with Crippen molar-refractivity contribution in [2.75, 3.05) is 19.5 Å². The molecule has 0 bridgehead atoms. The number of anilines is 2. The minimum Gasteiger partial charge on any atom is -0.473 e. The number of nitrogens with zero attached hydrogens (tertiary/aromatic N) is 2. The fourth-order valence-corrected chi connectivity index (χ4v) is 4.31. The second-order valence-corrected chi connectivity index (χ2v) is 9.56. The van der Waals surface area contributed by atoms with Crippen LogP contribution in [0.15, 0.2) is 120 Å². The van der Waals surface area contributed by atoms with Crippen molar-refractivity contribution >= 4 is 11.4 Å². The summed E-state index contributed by atoms with van der Waals surface area (Å²) in [5.41, 5.74) is 5.26. The van der Waals surface area contributed by atoms with Crippen LogP contribution < -0.4 is 20.3 Å². The summed E-state index contributed by atoms with van der Waals surface area (Å²) in [6.45, 7) is 1.09. The molecule has 0 aliphatic carbocycles. The minimum absolute atomic E-state index is 0.130. The van der Waals surface area contributed by atoms with Crippen molar-refractivity contribution in [1.29, 1.82) is 0 Å². The molecule has 0 atom stereocenters. The summed E-state index contributed by atoms with van der Waals surface area (Å²) in [6, 6.07) is 34.9. The van der Waals surface area contributed by atoms with Crippen molar-refractivity contribution in [3.63, 3.8) is 0 Å². The average Bonchev–Trinajstić information content (AvgIpc) is 3.04. The lowest BCUT2D eigenvalue weighted by Crippen LogP contribution is -2.28. The van der Waals surface area contributed by atoms with Gasteiger partial charge in [0.1, 0.15) is 18.9 Å². The van der Waals surface area contributed by atoms with E-state index in [1.54, 1.807) is 31.0 Å². The van der Waals surface area contributed by atoms with Gasteiger partial charge in [0.05, 0.1) is 6.54 Å². The van der Waals surface area contributed by atoms with Crippen LogP contribution >= 0.6 is 0 Å². The Morgan fingerprint density at radius 2 is 1.38 bits per heavy atom. The van der Waals surface area contributed by atoms with Gasteiger partial charge in [-0.05, 0) is 46.5 Å². The van der Waals surface area contributed by atoms with Gasteiger partial charge < -0.3 is 28.8 Å². The van der Waals surface area contributed by atoms with Crippen LogP contribution in [0.25, 0.3) is 11.1 Å². The Hall–Kier alpha value is -4.92. The molecule has 5 aromatic rings. The summed E-state index contributed by atoms with van der Waals surface area (Å²) in [5, 5.41) is 3.41. The average molecular weight is 564 g/mol. The molecular formula is C34H33N3O5. The standard InChI is InChI=1S/C34H33N3O5/c1-39-33(40-2)22-37-20-19-28(21-32(37)38)27-13-15-29(16-14-27)35-30-17-18-31(41-23-25-9-5-3-6-10-25)36-34(30)42-24-26-11-7-4-8-12-26/h3-21,33,35H,22-24H2,1-2H3. The van der Waals surface area contributed by atoms with Gasteiger partial charge in [0.2, 0.25) is 11.8 Å². The molecule has 0 saturated heterocycles. The highest BCUT2D eigenvalue weighted by atomic mass is 16.7. The third kappa shape index (κ3) is 7.63. The molecule has 5 rings (SSSR count). The molecule has 3 aromatic carbocycles. The maximum atomic E-state index is 12.7. The van der Waals surface area contributed by atoms with Crippen LogP contribution in [-0.2, 0) is 29.2 Å². The van der Waals surface area contributed by atoms with E-state index in [1.165, 1.54) is 0 Å². The highest BCUT2D eigenvalue weighted by molar-refractivity contribution is 5.70. The Morgan fingerprint density at radius 1 is 0.738 bits per heavy atom. The van der Waals surface area contributed by atoms with E-state index in [0.717, 1.165) is 27.9 Å². The largest absolute Gasteiger partial charge is 0.473 e. The van der Waals surface area contributed by atoms with E-state index in [-0.39, 0.29) is 5.56 Å². The fraction of sp³-hybridized carbons (Fsp3) is 0.176. The van der Waals surface area contributed by atoms with E-state index in [9.17, 15) is 4.79 Å². The zero-order chi connectivity index (χ0) is 29.1. The number of aromatic nitrogens is 2. The molecule has 8 heteroatoms. The predicted octanol–water partition coefficient (Wildman–Crippen LogP) is 6.43. The van der Waals surface area contributed by atoms with E-state index in [2.05, 4.69) is 10.3 Å². The fourth-order valence-electron chi connectivity index (χ4n) is 4.31. The van der Waals surface area contributed by atoms with Crippen molar-refractivity contribution in [2.45, 2.75) is 26.0 Å². The Balaban J connectivity index is 1.31. The number of rotatable bonds is 13. The summed E-state index contributed by atoms with van der Waals surface area (Å²) in [7, 11) is 3.09. The van der Waals surface area contributed by atoms with Crippen LogP contribution in [0.3, 0.4) is 0 Å². The van der Waals surface area contributed by atoms with E-state index in [4.69, 9.17) is 18.9 Å². The summed E-state index contributed by atoms with van der Waals surface area (Å²) < 4.78 is 24.1. The molecule has 0 aliphatic rings. The van der Waals surface area contributed by atoms with Crippen molar-refractivity contribution in [1.82, 2.24) is 9.55 Å². The minimum atomic E-state index is -0.487. The first kappa shape index (κ1) is 28.6. The van der Waals surface area contributed by atoms with E-state index in [1.807, 2.05) is 103 Å². The number of ether oxygens (including phenoxy) is 4. The van der Waals surface area contributed by atoms with Gasteiger partial charge in [-0.15, -0.1) is 0 Å². The molecule has 1 N–H and O–H groups in total. The molecule has 2 aromatic heterocycles. The second-order valence-electron chi connectivity index (χ2n) is 9.56. The first-order chi connectivity index (χ1) is 20.6. The highest BCUT2D eigenvalue weighted by Gasteiger charge is 2.12. The van der Waals surface area contributed by atoms with Crippen LogP contribution in [-0.4, -0.2) is 30.1 Å². The number of methoxy groups -OCH3 is 2. The molecule has 0 spiro atoms. The van der Waals surface area contributed by atoms with Crippen molar-refractivity contribution in [3.8, 4) is 22.9 Å². The lowest BCUT2D eigenvalue weighted by atomic mass is 10.1. The zero-order valence-electron chi connectivity index (χ0n) is 23.6. The second kappa shape index (κ2) is 14.1. The highest BCUT2D eigenvalue weighted by Crippen LogP contribution is 2.30. The van der Waals surface area contributed by atoms with Crippen LogP contribution in [0.1, 0.15) is 11.1 Å². The number of pyridine rings is 2. The number of hydrogen-bond acceptors (Lipinski definition) is 7. The molecule has 2 heterocycles. The van der Waals surface area contributed by atoms with Gasteiger partial charge in [0.15, 0.2) is 6.29 Å². The quantitative estimate of drug-likeness (QED) is 0.165. The van der Waals surface area contributed by atoms with Gasteiger partial charge in [-0.1, -0.05) is 72.8 Å². The maximum absolute atomic E-state index is 12.7. The van der Waals surface area contributed by atoms with E-state index in [0.29, 0.717) is 37.2 Å². The molecule has 42 heavy (non-hydrogen) atoms. The summed E-state index contributed by atoms with van der Waals surface area (Å²) in [6.07, 6.45) is 1.26. The molecule has 0 unspecified atom stereocenters. The first-order valence-corrected chi connectivity index (χ1v) is 13.6. The van der Waals surface area contributed by atoms with Crippen LogP contribution in [0.4, 0.5) is 11.4 Å². The summed E-state index contributed by atoms with van der Waals surface area (Å²) in [4.78, 5) is 17.3. The van der Waals surface area contributed by atoms with Crippen molar-refractivity contribution in [3.05, 3.63) is 137 Å². The number of nitrogens with one attached hydrogen (secondary N) is 1. The maximum Gasteiger partial charge on any atom is 0.251 e. The molecule has 0 saturated carbocycles.